The van der Waals surface area contributed by atoms with E-state index in [1.807, 2.05) is 42.5 Å². The minimum Gasteiger partial charge on any atom is -0.456 e. The van der Waals surface area contributed by atoms with Crippen molar-refractivity contribution in [3.8, 4) is 27.9 Å². The number of aromatic nitrogens is 1. The van der Waals surface area contributed by atoms with Gasteiger partial charge in [0.15, 0.2) is 5.84 Å². The van der Waals surface area contributed by atoms with E-state index in [1.165, 1.54) is 33.0 Å². The van der Waals surface area contributed by atoms with Gasteiger partial charge in [-0.3, -0.25) is 0 Å². The first-order chi connectivity index (χ1) is 27.7. The topological polar surface area (TPSA) is 54.8 Å². The fraction of sp³-hybridized carbons (Fsp3) is 0.0196. The Kier molecular flexibility index (Phi) is 7.49. The maximum absolute atomic E-state index is 6.74. The summed E-state index contributed by atoms with van der Waals surface area (Å²) in [6.45, 7) is 0. The van der Waals surface area contributed by atoms with E-state index in [0.717, 1.165) is 61.2 Å². The zero-order chi connectivity index (χ0) is 37.0. The summed E-state index contributed by atoms with van der Waals surface area (Å²) in [6, 6.07) is 68.1. The molecule has 0 spiro atoms. The Morgan fingerprint density at radius 2 is 1.00 bits per heavy atom. The molecule has 0 radical (unpaired) electrons. The molecule has 264 valence electrons. The Morgan fingerprint density at radius 3 is 1.61 bits per heavy atom. The fourth-order valence-electron chi connectivity index (χ4n) is 8.19. The quantitative estimate of drug-likeness (QED) is 0.186. The van der Waals surface area contributed by atoms with E-state index in [0.29, 0.717) is 5.84 Å². The number of hydrogen-bond acceptors (Lipinski definition) is 4. The van der Waals surface area contributed by atoms with Crippen molar-refractivity contribution >= 4 is 55.4 Å². The molecule has 0 bridgehead atoms. The number of fused-ring (bicyclic) bond motifs is 6. The lowest BCUT2D eigenvalue weighted by atomic mass is 10.0. The first-order valence-electron chi connectivity index (χ1n) is 18.9. The standard InChI is InChI=1S/C51H34N4O/c1-5-14-33(15-6-1)37-24-27-40-41-28-25-38(34-16-7-2-8-17-34)31-45(41)55(44(40)30-37)39-26-29-42-47(32-39)56-46-23-13-22-43(48(42)46)51-53-49(35-18-9-3-10-19-35)52-50(54-51)36-20-11-4-12-21-36/h1-32,51H,(H,52,53,54). The van der Waals surface area contributed by atoms with Crippen molar-refractivity contribution in [1.29, 1.82) is 0 Å². The Hall–Kier alpha value is -7.50. The fourth-order valence-corrected chi connectivity index (χ4v) is 8.19. The van der Waals surface area contributed by atoms with Crippen LogP contribution in [-0.4, -0.2) is 16.2 Å². The third kappa shape index (κ3) is 5.40. The summed E-state index contributed by atoms with van der Waals surface area (Å²) in [6.07, 6.45) is -0.382. The average molecular weight is 719 g/mol. The van der Waals surface area contributed by atoms with Gasteiger partial charge in [-0.05, 0) is 52.6 Å². The van der Waals surface area contributed by atoms with Crippen molar-refractivity contribution in [2.24, 2.45) is 9.98 Å². The van der Waals surface area contributed by atoms with E-state index in [2.05, 4.69) is 162 Å². The number of rotatable bonds is 6. The summed E-state index contributed by atoms with van der Waals surface area (Å²) in [5.74, 6) is 1.48. The summed E-state index contributed by atoms with van der Waals surface area (Å²) in [5, 5.41) is 8.15. The molecule has 56 heavy (non-hydrogen) atoms. The van der Waals surface area contributed by atoms with Crippen molar-refractivity contribution in [1.82, 2.24) is 9.88 Å². The molecule has 8 aromatic carbocycles. The van der Waals surface area contributed by atoms with Crippen molar-refractivity contribution in [2.75, 3.05) is 0 Å². The van der Waals surface area contributed by atoms with Gasteiger partial charge < -0.3 is 14.3 Å². The first kappa shape index (κ1) is 32.0. The molecule has 1 aliphatic rings. The van der Waals surface area contributed by atoms with E-state index in [9.17, 15) is 0 Å². The number of hydrogen-bond donors (Lipinski definition) is 1. The predicted octanol–water partition coefficient (Wildman–Crippen LogP) is 12.5. The first-order valence-corrected chi connectivity index (χ1v) is 18.9. The van der Waals surface area contributed by atoms with Crippen LogP contribution in [0.15, 0.2) is 209 Å². The molecule has 5 heteroatoms. The van der Waals surface area contributed by atoms with Crippen LogP contribution in [0, 0.1) is 0 Å². The lowest BCUT2D eigenvalue weighted by Crippen LogP contribution is -2.33. The Bertz CT molecular complexity index is 3050. The maximum atomic E-state index is 6.74. The lowest BCUT2D eigenvalue weighted by Gasteiger charge is -2.24. The molecular formula is C51H34N4O. The highest BCUT2D eigenvalue weighted by Gasteiger charge is 2.25. The monoisotopic (exact) mass is 718 g/mol. The molecule has 5 nitrogen and oxygen atoms in total. The zero-order valence-corrected chi connectivity index (χ0v) is 30.3. The van der Waals surface area contributed by atoms with Crippen LogP contribution in [0.3, 0.4) is 0 Å². The van der Waals surface area contributed by atoms with E-state index in [1.54, 1.807) is 0 Å². The number of amidine groups is 2. The molecule has 0 fully saturated rings. The molecule has 0 amide bonds. The van der Waals surface area contributed by atoms with Gasteiger partial charge in [-0.2, -0.15) is 0 Å². The predicted molar refractivity (Wildman–Crippen MR) is 231 cm³/mol. The van der Waals surface area contributed by atoms with Crippen molar-refractivity contribution < 1.29 is 4.42 Å². The van der Waals surface area contributed by atoms with Gasteiger partial charge in [0.05, 0.1) is 11.0 Å². The molecule has 0 aliphatic carbocycles. The highest BCUT2D eigenvalue weighted by atomic mass is 16.3. The molecule has 1 atom stereocenters. The number of nitrogens with zero attached hydrogens (tertiary/aromatic N) is 3. The average Bonchev–Trinajstić information content (AvgIpc) is 3.82. The number of aliphatic imine (C=N–C) groups is 2. The van der Waals surface area contributed by atoms with E-state index < -0.39 is 0 Å². The second-order valence-corrected chi connectivity index (χ2v) is 14.2. The molecular weight excluding hydrogens is 685 g/mol. The van der Waals surface area contributed by atoms with Crippen LogP contribution in [0.2, 0.25) is 0 Å². The smallest absolute Gasteiger partial charge is 0.159 e. The van der Waals surface area contributed by atoms with Crippen molar-refractivity contribution in [3.05, 3.63) is 211 Å². The molecule has 0 saturated carbocycles. The second kappa shape index (κ2) is 13.1. The molecule has 1 aliphatic heterocycles. The van der Waals surface area contributed by atoms with Crippen LogP contribution in [0.1, 0.15) is 22.9 Å². The summed E-state index contributed by atoms with van der Waals surface area (Å²) in [4.78, 5) is 10.2. The van der Waals surface area contributed by atoms with E-state index in [4.69, 9.17) is 14.4 Å². The van der Waals surface area contributed by atoms with Gasteiger partial charge in [-0.1, -0.05) is 158 Å². The molecule has 0 saturated heterocycles. The SMILES string of the molecule is c1ccc(C2=NC(c3cccc4oc5cc(-n6c7cc(-c8ccccc8)ccc7c7ccc(-c8ccccc8)cc76)ccc5c34)NC(c3ccccc3)=N2)cc1. The van der Waals surface area contributed by atoms with Crippen LogP contribution < -0.4 is 5.32 Å². The van der Waals surface area contributed by atoms with E-state index >= 15 is 0 Å². The normalized spacial score (nSPS) is 14.2. The molecule has 1 N–H and O–H groups in total. The van der Waals surface area contributed by atoms with Gasteiger partial charge in [0, 0.05) is 50.0 Å². The van der Waals surface area contributed by atoms with Crippen molar-refractivity contribution in [3.63, 3.8) is 0 Å². The molecule has 2 aromatic heterocycles. The zero-order valence-electron chi connectivity index (χ0n) is 30.3. The maximum Gasteiger partial charge on any atom is 0.159 e. The van der Waals surface area contributed by atoms with Gasteiger partial charge in [-0.15, -0.1) is 0 Å². The minimum atomic E-state index is -0.382. The van der Waals surface area contributed by atoms with Gasteiger partial charge >= 0.3 is 0 Å². The van der Waals surface area contributed by atoms with Gasteiger partial charge in [0.25, 0.3) is 0 Å². The largest absolute Gasteiger partial charge is 0.456 e. The number of nitrogens with one attached hydrogen (secondary N) is 1. The highest BCUT2D eigenvalue weighted by molar-refractivity contribution is 6.15. The van der Waals surface area contributed by atoms with Crippen molar-refractivity contribution in [2.45, 2.75) is 6.17 Å². The van der Waals surface area contributed by atoms with E-state index in [-0.39, 0.29) is 6.17 Å². The summed E-state index contributed by atoms with van der Waals surface area (Å²) < 4.78 is 9.12. The molecule has 10 aromatic rings. The summed E-state index contributed by atoms with van der Waals surface area (Å²) in [5.41, 5.74) is 12.7. The van der Waals surface area contributed by atoms with Crippen LogP contribution in [0.5, 0.6) is 0 Å². The van der Waals surface area contributed by atoms with Crippen LogP contribution in [-0.2, 0) is 0 Å². The number of furan rings is 1. The molecule has 1 unspecified atom stereocenters. The highest BCUT2D eigenvalue weighted by Crippen LogP contribution is 2.40. The Balaban J connectivity index is 1.09. The molecule has 11 rings (SSSR count). The van der Waals surface area contributed by atoms with Crippen LogP contribution in [0.4, 0.5) is 0 Å². The van der Waals surface area contributed by atoms with Gasteiger partial charge in [0.2, 0.25) is 0 Å². The molecule has 3 heterocycles. The third-order valence-electron chi connectivity index (χ3n) is 10.9. The minimum absolute atomic E-state index is 0.382. The van der Waals surface area contributed by atoms with Crippen LogP contribution in [0.25, 0.3) is 71.7 Å². The Morgan fingerprint density at radius 1 is 0.446 bits per heavy atom. The summed E-state index contributed by atoms with van der Waals surface area (Å²) in [7, 11) is 0. The van der Waals surface area contributed by atoms with Gasteiger partial charge in [-0.25, -0.2) is 9.98 Å². The van der Waals surface area contributed by atoms with Crippen LogP contribution >= 0.6 is 0 Å². The third-order valence-corrected chi connectivity index (χ3v) is 10.9. The second-order valence-electron chi connectivity index (χ2n) is 14.2. The lowest BCUT2D eigenvalue weighted by molar-refractivity contribution is 0.662. The Labute approximate surface area is 323 Å². The van der Waals surface area contributed by atoms with Gasteiger partial charge in [0.1, 0.15) is 23.2 Å². The summed E-state index contributed by atoms with van der Waals surface area (Å²) >= 11 is 0. The number of benzene rings is 8.